The van der Waals surface area contributed by atoms with E-state index in [2.05, 4.69) is 0 Å². The van der Waals surface area contributed by atoms with E-state index < -0.39 is 79.7 Å². The van der Waals surface area contributed by atoms with Crippen LogP contribution < -0.4 is 14.9 Å². The van der Waals surface area contributed by atoms with Crippen LogP contribution in [0, 0.1) is 0 Å². The largest absolute Gasteiger partial charge is 0.507 e. The number of benzene rings is 2. The van der Waals surface area contributed by atoms with Gasteiger partial charge in [-0.1, -0.05) is 0 Å². The monoisotopic (exact) mass is 594 g/mol. The highest BCUT2D eigenvalue weighted by molar-refractivity contribution is 5.86. The molecule has 228 valence electrons. The van der Waals surface area contributed by atoms with Gasteiger partial charge >= 0.3 is 0 Å². The molecule has 0 radical (unpaired) electrons. The maximum atomic E-state index is 12.9. The molecule has 3 aromatic rings. The van der Waals surface area contributed by atoms with Gasteiger partial charge in [0.2, 0.25) is 6.29 Å². The van der Waals surface area contributed by atoms with E-state index >= 15 is 0 Å². The summed E-state index contributed by atoms with van der Waals surface area (Å²) < 4.78 is 33.2. The van der Waals surface area contributed by atoms with E-state index in [9.17, 15) is 45.6 Å². The molecule has 0 amide bonds. The molecule has 1 aromatic heterocycles. The van der Waals surface area contributed by atoms with Gasteiger partial charge in [0.25, 0.3) is 0 Å². The number of aliphatic hydroxyl groups is 6. The summed E-state index contributed by atoms with van der Waals surface area (Å²) in [5, 5.41) is 81.3. The van der Waals surface area contributed by atoms with Crippen molar-refractivity contribution in [1.29, 1.82) is 0 Å². The smallest absolute Gasteiger partial charge is 0.229 e. The number of phenols is 2. The number of phenolic OH excluding ortho intramolecular Hbond substituents is 2. The first-order chi connectivity index (χ1) is 20.0. The Balaban J connectivity index is 1.48. The molecule has 2 saturated heterocycles. The third-order valence-electron chi connectivity index (χ3n) is 7.20. The Kier molecular flexibility index (Phi) is 8.30. The van der Waals surface area contributed by atoms with Crippen molar-refractivity contribution in [1.82, 2.24) is 0 Å². The minimum atomic E-state index is -2.05. The lowest BCUT2D eigenvalue weighted by Crippen LogP contribution is -2.62. The molecular weight excluding hydrogens is 564 g/mol. The van der Waals surface area contributed by atoms with Crippen LogP contribution in [-0.4, -0.2) is 116 Å². The van der Waals surface area contributed by atoms with Gasteiger partial charge in [0, 0.05) is 23.8 Å². The number of hydrogen-bond donors (Lipinski definition) is 8. The lowest BCUT2D eigenvalue weighted by molar-refractivity contribution is -0.318. The summed E-state index contributed by atoms with van der Waals surface area (Å²) in [4.78, 5) is 12.9. The van der Waals surface area contributed by atoms with Gasteiger partial charge in [-0.3, -0.25) is 4.79 Å². The summed E-state index contributed by atoms with van der Waals surface area (Å²) in [6.45, 7) is -2.08. The zero-order valence-electron chi connectivity index (χ0n) is 22.1. The van der Waals surface area contributed by atoms with Crippen LogP contribution in [0.3, 0.4) is 0 Å². The second-order valence-corrected chi connectivity index (χ2v) is 9.99. The fourth-order valence-corrected chi connectivity index (χ4v) is 4.78. The molecule has 0 aliphatic carbocycles. The Hall–Kier alpha value is -3.51. The molecule has 8 atom stereocenters. The van der Waals surface area contributed by atoms with Crippen LogP contribution in [0.4, 0.5) is 0 Å². The molecule has 2 fully saturated rings. The second kappa shape index (κ2) is 11.6. The normalized spacial score (nSPS) is 31.4. The molecule has 8 N–H and O–H groups in total. The molecule has 42 heavy (non-hydrogen) atoms. The summed E-state index contributed by atoms with van der Waals surface area (Å²) in [6.07, 6.45) is -11.3. The number of fused-ring (bicyclic) bond motifs is 1. The Labute approximate surface area is 236 Å². The molecule has 2 aliphatic heterocycles. The Bertz CT molecular complexity index is 1490. The predicted molar refractivity (Wildman–Crippen MR) is 139 cm³/mol. The van der Waals surface area contributed by atoms with Crippen molar-refractivity contribution in [3.05, 3.63) is 46.6 Å². The van der Waals surface area contributed by atoms with Crippen LogP contribution in [0.25, 0.3) is 22.3 Å². The summed E-state index contributed by atoms with van der Waals surface area (Å²) in [5.74, 6) is -0.612. The molecule has 0 spiro atoms. The molecule has 5 rings (SSSR count). The Morgan fingerprint density at radius 2 is 1.76 bits per heavy atom. The Morgan fingerprint density at radius 3 is 2.43 bits per heavy atom. The predicted octanol–water partition coefficient (Wildman–Crippen LogP) is -1.48. The van der Waals surface area contributed by atoms with Crippen molar-refractivity contribution in [2.45, 2.75) is 48.7 Å². The molecule has 2 aliphatic rings. The van der Waals surface area contributed by atoms with Crippen LogP contribution in [-0.2, 0) is 14.2 Å². The van der Waals surface area contributed by atoms with Gasteiger partial charge in [0.05, 0.1) is 26.9 Å². The van der Waals surface area contributed by atoms with Gasteiger partial charge in [-0.15, -0.1) is 0 Å². The zero-order valence-corrected chi connectivity index (χ0v) is 22.1. The van der Waals surface area contributed by atoms with Gasteiger partial charge in [-0.05, 0) is 18.2 Å². The van der Waals surface area contributed by atoms with Crippen molar-refractivity contribution in [2.75, 3.05) is 26.9 Å². The van der Waals surface area contributed by atoms with Crippen LogP contribution in [0.1, 0.15) is 0 Å². The van der Waals surface area contributed by atoms with Gasteiger partial charge in [0.1, 0.15) is 58.2 Å². The lowest BCUT2D eigenvalue weighted by atomic mass is 9.98. The minimum absolute atomic E-state index is 0.0695. The van der Waals surface area contributed by atoms with Crippen LogP contribution >= 0.6 is 0 Å². The summed E-state index contributed by atoms with van der Waals surface area (Å²) >= 11 is 0. The van der Waals surface area contributed by atoms with E-state index in [0.29, 0.717) is 5.56 Å². The van der Waals surface area contributed by atoms with Crippen molar-refractivity contribution in [3.63, 3.8) is 0 Å². The van der Waals surface area contributed by atoms with E-state index in [0.717, 1.165) is 12.1 Å². The molecule has 0 saturated carbocycles. The van der Waals surface area contributed by atoms with E-state index in [-0.39, 0.29) is 34.0 Å². The van der Waals surface area contributed by atoms with Crippen LogP contribution in [0.5, 0.6) is 23.0 Å². The summed E-state index contributed by atoms with van der Waals surface area (Å²) in [5.41, 5.74) is -2.39. The number of methoxy groups -OCH3 is 1. The SMILES string of the molecule is COc1cc(-c2cc(=O)c3c(O)cc(O[C@H]4O[C@H](CO)[C@@H](O)[C@H](O)[C@H]4O[C@H]4OC[C@](O)(CO)[C@H]4O)cc3o2)ccc1O. The minimum Gasteiger partial charge on any atom is -0.507 e. The third kappa shape index (κ3) is 5.37. The lowest BCUT2D eigenvalue weighted by Gasteiger charge is -2.42. The molecule has 0 unspecified atom stereocenters. The first-order valence-electron chi connectivity index (χ1n) is 12.8. The molecule has 15 nitrogen and oxygen atoms in total. The van der Waals surface area contributed by atoms with E-state index in [1.165, 1.54) is 31.4 Å². The van der Waals surface area contributed by atoms with Crippen molar-refractivity contribution < 1.29 is 69.0 Å². The summed E-state index contributed by atoms with van der Waals surface area (Å²) in [6, 6.07) is 7.73. The van der Waals surface area contributed by atoms with Gasteiger partial charge in [-0.2, -0.15) is 0 Å². The maximum absolute atomic E-state index is 12.9. The number of hydrogen-bond acceptors (Lipinski definition) is 15. The highest BCUT2D eigenvalue weighted by Crippen LogP contribution is 2.36. The second-order valence-electron chi connectivity index (χ2n) is 9.99. The zero-order chi connectivity index (χ0) is 30.3. The fourth-order valence-electron chi connectivity index (χ4n) is 4.78. The standard InChI is InChI=1S/C27H30O15/c1-37-17-4-11(2-3-13(17)30)16-7-15(32)20-14(31)5-12(6-18(20)40-16)39-25-23(22(34)21(33)19(8-28)41-25)42-26-24(35)27(36,9-29)10-38-26/h2-7,19,21-26,28-31,33-36H,8-10H2,1H3/t19-,21-,22+,23-,24+,25+,26-,27-/m1/s1. The average molecular weight is 595 g/mol. The fraction of sp³-hybridized carbons (Fsp3) is 0.444. The van der Waals surface area contributed by atoms with Gasteiger partial charge < -0.3 is 69.0 Å². The number of rotatable bonds is 8. The first-order valence-corrected chi connectivity index (χ1v) is 12.8. The van der Waals surface area contributed by atoms with E-state index in [1.54, 1.807) is 0 Å². The number of aromatic hydroxyl groups is 2. The molecule has 0 bridgehead atoms. The van der Waals surface area contributed by atoms with Crippen molar-refractivity contribution in [2.24, 2.45) is 0 Å². The highest BCUT2D eigenvalue weighted by atomic mass is 16.8. The molecular formula is C27H30O15. The average Bonchev–Trinajstić information content (AvgIpc) is 3.25. The highest BCUT2D eigenvalue weighted by Gasteiger charge is 2.53. The number of aliphatic hydroxyl groups excluding tert-OH is 5. The molecule has 15 heteroatoms. The third-order valence-corrected chi connectivity index (χ3v) is 7.20. The first kappa shape index (κ1) is 30.0. The molecule has 3 heterocycles. The van der Waals surface area contributed by atoms with Gasteiger partial charge in [0.15, 0.2) is 29.3 Å². The quantitative estimate of drug-likeness (QED) is 0.148. The topological polar surface area (TPSA) is 238 Å². The Morgan fingerprint density at radius 1 is 1.00 bits per heavy atom. The van der Waals surface area contributed by atoms with E-state index in [4.69, 9.17) is 28.1 Å². The van der Waals surface area contributed by atoms with Crippen LogP contribution in [0.15, 0.2) is 45.6 Å². The van der Waals surface area contributed by atoms with Crippen molar-refractivity contribution in [3.8, 4) is 34.3 Å². The van der Waals surface area contributed by atoms with Crippen LogP contribution in [0.2, 0.25) is 0 Å². The molecule has 2 aromatic carbocycles. The van der Waals surface area contributed by atoms with Gasteiger partial charge in [-0.25, -0.2) is 0 Å². The summed E-state index contributed by atoms with van der Waals surface area (Å²) in [7, 11) is 1.35. The number of ether oxygens (including phenoxy) is 5. The maximum Gasteiger partial charge on any atom is 0.229 e. The van der Waals surface area contributed by atoms with E-state index in [1.807, 2.05) is 0 Å². The van der Waals surface area contributed by atoms with Crippen molar-refractivity contribution >= 4 is 11.0 Å².